The SMILES string of the molecule is CCc1cc(Oc2ccc(F)c(Cl)c2)cc(C)c1CC(=O)NS(=O)(=O)c1cc2n(n1)C[C@@H](OC)CO2. The van der Waals surface area contributed by atoms with Gasteiger partial charge >= 0.3 is 0 Å². The van der Waals surface area contributed by atoms with Crippen LogP contribution in [-0.2, 0) is 38.9 Å². The lowest BCUT2D eigenvalue weighted by Crippen LogP contribution is -2.33. The summed E-state index contributed by atoms with van der Waals surface area (Å²) in [5.74, 6) is -0.107. The Morgan fingerprint density at radius 1 is 1.28 bits per heavy atom. The number of benzene rings is 2. The van der Waals surface area contributed by atoms with Crippen LogP contribution in [0.5, 0.6) is 17.4 Å². The van der Waals surface area contributed by atoms with Crippen LogP contribution in [0.3, 0.4) is 0 Å². The smallest absolute Gasteiger partial charge is 0.283 e. The van der Waals surface area contributed by atoms with E-state index in [0.29, 0.717) is 35.9 Å². The van der Waals surface area contributed by atoms with E-state index in [1.54, 1.807) is 19.1 Å². The number of sulfonamides is 1. The molecule has 0 unspecified atom stereocenters. The van der Waals surface area contributed by atoms with Gasteiger partial charge in [0.25, 0.3) is 10.0 Å². The number of amides is 1. The summed E-state index contributed by atoms with van der Waals surface area (Å²) in [4.78, 5) is 12.8. The van der Waals surface area contributed by atoms with Crippen molar-refractivity contribution in [1.29, 1.82) is 0 Å². The number of carbonyl (C=O) groups excluding carboxylic acids is 1. The summed E-state index contributed by atoms with van der Waals surface area (Å²) in [6.07, 6.45) is 0.167. The number of nitrogens with one attached hydrogen (secondary N) is 1. The molecule has 4 rings (SSSR count). The van der Waals surface area contributed by atoms with Crippen LogP contribution in [0.2, 0.25) is 5.02 Å². The standard InChI is InChI=1S/C24H25ClFN3O6S/c1-4-15-8-17(35-16-5-6-21(26)20(25)9-16)7-14(2)19(15)10-22(30)28-36(31,32)23-11-24-29(27-23)12-18(33-3)13-34-24/h5-9,11,18H,4,10,12-13H2,1-3H3,(H,28,30)/t18-/m1/s1. The number of fused-ring (bicyclic) bond motifs is 1. The molecule has 1 N–H and O–H groups in total. The number of methoxy groups -OCH3 is 1. The highest BCUT2D eigenvalue weighted by Gasteiger charge is 2.28. The minimum atomic E-state index is -4.21. The highest BCUT2D eigenvalue weighted by atomic mass is 35.5. The second-order valence-electron chi connectivity index (χ2n) is 8.29. The van der Waals surface area contributed by atoms with Crippen molar-refractivity contribution in [3.8, 4) is 17.4 Å². The van der Waals surface area contributed by atoms with Gasteiger partial charge in [0.1, 0.15) is 30.0 Å². The van der Waals surface area contributed by atoms with Crippen LogP contribution in [0.4, 0.5) is 4.39 Å². The predicted molar refractivity (Wildman–Crippen MR) is 130 cm³/mol. The molecule has 1 atom stereocenters. The second kappa shape index (κ2) is 10.5. The predicted octanol–water partition coefficient (Wildman–Crippen LogP) is 3.79. The molecule has 36 heavy (non-hydrogen) atoms. The maximum atomic E-state index is 13.4. The third-order valence-electron chi connectivity index (χ3n) is 5.76. The Balaban J connectivity index is 1.49. The molecule has 12 heteroatoms. The van der Waals surface area contributed by atoms with Crippen molar-refractivity contribution in [2.24, 2.45) is 0 Å². The van der Waals surface area contributed by atoms with Crippen molar-refractivity contribution in [2.45, 2.75) is 44.4 Å². The van der Waals surface area contributed by atoms with Crippen molar-refractivity contribution in [1.82, 2.24) is 14.5 Å². The van der Waals surface area contributed by atoms with Gasteiger partial charge in [-0.25, -0.2) is 13.8 Å². The van der Waals surface area contributed by atoms with Gasteiger partial charge in [-0.3, -0.25) is 4.79 Å². The van der Waals surface area contributed by atoms with Gasteiger partial charge in [0.2, 0.25) is 16.8 Å². The topological polar surface area (TPSA) is 109 Å². The highest BCUT2D eigenvalue weighted by Crippen LogP contribution is 2.30. The third kappa shape index (κ3) is 5.63. The lowest BCUT2D eigenvalue weighted by Gasteiger charge is -2.22. The van der Waals surface area contributed by atoms with E-state index in [2.05, 4.69) is 9.82 Å². The van der Waals surface area contributed by atoms with E-state index in [1.807, 2.05) is 6.92 Å². The van der Waals surface area contributed by atoms with Crippen LogP contribution in [-0.4, -0.2) is 43.9 Å². The fourth-order valence-electron chi connectivity index (χ4n) is 3.88. The number of nitrogens with zero attached hydrogens (tertiary/aromatic N) is 2. The van der Waals surface area contributed by atoms with Crippen molar-refractivity contribution in [2.75, 3.05) is 13.7 Å². The van der Waals surface area contributed by atoms with Gasteiger partial charge in [-0.15, -0.1) is 0 Å². The molecule has 1 aromatic heterocycles. The van der Waals surface area contributed by atoms with E-state index >= 15 is 0 Å². The molecular formula is C24H25ClFN3O6S. The molecule has 3 aromatic rings. The first kappa shape index (κ1) is 25.9. The van der Waals surface area contributed by atoms with Crippen LogP contribution < -0.4 is 14.2 Å². The van der Waals surface area contributed by atoms with Crippen LogP contribution in [0, 0.1) is 12.7 Å². The summed E-state index contributed by atoms with van der Waals surface area (Å²) >= 11 is 5.83. The monoisotopic (exact) mass is 537 g/mol. The summed E-state index contributed by atoms with van der Waals surface area (Å²) in [5, 5.41) is 3.69. The number of hydrogen-bond donors (Lipinski definition) is 1. The molecular weight excluding hydrogens is 513 g/mol. The van der Waals surface area contributed by atoms with E-state index in [0.717, 1.165) is 11.1 Å². The van der Waals surface area contributed by atoms with Gasteiger partial charge < -0.3 is 14.2 Å². The average Bonchev–Trinajstić information content (AvgIpc) is 3.27. The molecule has 9 nitrogen and oxygen atoms in total. The number of hydrogen-bond acceptors (Lipinski definition) is 7. The average molecular weight is 538 g/mol. The van der Waals surface area contributed by atoms with Gasteiger partial charge in [-0.2, -0.15) is 13.5 Å². The minimum absolute atomic E-state index is 0.0573. The summed E-state index contributed by atoms with van der Waals surface area (Å²) in [6, 6.07) is 8.80. The van der Waals surface area contributed by atoms with Crippen molar-refractivity contribution < 1.29 is 31.8 Å². The molecule has 0 spiro atoms. The number of ether oxygens (including phenoxy) is 3. The number of aromatic nitrogens is 2. The first-order chi connectivity index (χ1) is 17.1. The van der Waals surface area contributed by atoms with E-state index in [4.69, 9.17) is 25.8 Å². The molecule has 2 aromatic carbocycles. The second-order valence-corrected chi connectivity index (χ2v) is 10.3. The molecule has 0 fully saturated rings. The quantitative estimate of drug-likeness (QED) is 0.465. The van der Waals surface area contributed by atoms with Gasteiger partial charge in [-0.05, 0) is 54.3 Å². The fourth-order valence-corrected chi connectivity index (χ4v) is 4.99. The number of halogens is 2. The van der Waals surface area contributed by atoms with Crippen molar-refractivity contribution in [3.63, 3.8) is 0 Å². The number of rotatable bonds is 8. The lowest BCUT2D eigenvalue weighted by atomic mass is 9.96. The Bertz CT molecular complexity index is 1410. The van der Waals surface area contributed by atoms with Crippen LogP contribution in [0.25, 0.3) is 0 Å². The van der Waals surface area contributed by atoms with E-state index < -0.39 is 21.7 Å². The number of carbonyl (C=O) groups is 1. The van der Waals surface area contributed by atoms with Crippen LogP contribution in [0.1, 0.15) is 23.6 Å². The van der Waals surface area contributed by atoms with Gasteiger partial charge in [0.05, 0.1) is 18.0 Å². The third-order valence-corrected chi connectivity index (χ3v) is 7.29. The first-order valence-corrected chi connectivity index (χ1v) is 13.0. The molecule has 1 aliphatic heterocycles. The molecule has 192 valence electrons. The molecule has 1 amide bonds. The molecule has 0 bridgehead atoms. The zero-order valence-electron chi connectivity index (χ0n) is 19.9. The summed E-state index contributed by atoms with van der Waals surface area (Å²) in [7, 11) is -2.68. The Labute approximate surface area is 213 Å². The Morgan fingerprint density at radius 3 is 2.75 bits per heavy atom. The molecule has 1 aliphatic rings. The van der Waals surface area contributed by atoms with Gasteiger partial charge in [-0.1, -0.05) is 18.5 Å². The van der Waals surface area contributed by atoms with Crippen LogP contribution in [0.15, 0.2) is 41.4 Å². The summed E-state index contributed by atoms with van der Waals surface area (Å²) in [6.45, 7) is 4.33. The minimum Gasteiger partial charge on any atom is -0.475 e. The van der Waals surface area contributed by atoms with Gasteiger partial charge in [0.15, 0.2) is 0 Å². The zero-order chi connectivity index (χ0) is 26.0. The molecule has 2 heterocycles. The Morgan fingerprint density at radius 2 is 2.06 bits per heavy atom. The zero-order valence-corrected chi connectivity index (χ0v) is 21.5. The van der Waals surface area contributed by atoms with E-state index in [1.165, 1.54) is 36.1 Å². The summed E-state index contributed by atoms with van der Waals surface area (Å²) < 4.78 is 59.0. The lowest BCUT2D eigenvalue weighted by molar-refractivity contribution is -0.118. The molecule has 0 saturated carbocycles. The van der Waals surface area contributed by atoms with E-state index in [-0.39, 0.29) is 29.2 Å². The summed E-state index contributed by atoms with van der Waals surface area (Å²) in [5.41, 5.74) is 2.23. The normalized spacial score (nSPS) is 15.2. The Hall–Kier alpha value is -3.15. The number of aryl methyl sites for hydroxylation is 2. The largest absolute Gasteiger partial charge is 0.475 e. The maximum Gasteiger partial charge on any atom is 0.283 e. The molecule has 0 aliphatic carbocycles. The maximum absolute atomic E-state index is 13.4. The molecule has 0 saturated heterocycles. The van der Waals surface area contributed by atoms with Crippen LogP contribution >= 0.6 is 11.6 Å². The first-order valence-electron chi connectivity index (χ1n) is 11.1. The fraction of sp³-hybridized carbons (Fsp3) is 0.333. The highest BCUT2D eigenvalue weighted by molar-refractivity contribution is 7.90. The van der Waals surface area contributed by atoms with Gasteiger partial charge in [0, 0.05) is 19.2 Å². The van der Waals surface area contributed by atoms with Crippen molar-refractivity contribution in [3.05, 3.63) is 63.9 Å². The van der Waals surface area contributed by atoms with Crippen molar-refractivity contribution >= 4 is 27.5 Å². The van der Waals surface area contributed by atoms with E-state index in [9.17, 15) is 17.6 Å². The Kier molecular flexibility index (Phi) is 7.53. The molecule has 0 radical (unpaired) electrons.